The number of carbonyl (C=O) groups excluding carboxylic acids is 1. The summed E-state index contributed by atoms with van der Waals surface area (Å²) in [5.41, 5.74) is 0.870. The zero-order valence-corrected chi connectivity index (χ0v) is 14.5. The fourth-order valence-electron chi connectivity index (χ4n) is 2.16. The Labute approximate surface area is 150 Å². The van der Waals surface area contributed by atoms with Gasteiger partial charge >= 0.3 is 11.9 Å². The molecule has 0 bridgehead atoms. The number of carbonyl (C=O) groups is 2. The van der Waals surface area contributed by atoms with Gasteiger partial charge in [0.2, 0.25) is 0 Å². The molecule has 0 fully saturated rings. The number of ether oxygens (including phenoxy) is 4. The molecule has 2 rings (SSSR count). The molecule has 0 aliphatic heterocycles. The molecule has 0 saturated carbocycles. The average Bonchev–Trinajstić information content (AvgIpc) is 2.66. The minimum atomic E-state index is -1.06. The van der Waals surface area contributed by atoms with E-state index in [1.807, 2.05) is 0 Å². The number of rotatable bonds is 7. The van der Waals surface area contributed by atoms with Crippen molar-refractivity contribution in [2.75, 3.05) is 21.3 Å². The van der Waals surface area contributed by atoms with Gasteiger partial charge in [0, 0.05) is 6.08 Å². The maximum Gasteiger partial charge on any atom is 0.343 e. The van der Waals surface area contributed by atoms with Gasteiger partial charge in [0.05, 0.1) is 26.9 Å². The van der Waals surface area contributed by atoms with Crippen molar-refractivity contribution >= 4 is 18.0 Å². The minimum Gasteiger partial charge on any atom is -0.493 e. The molecule has 0 atom stereocenters. The van der Waals surface area contributed by atoms with Gasteiger partial charge < -0.3 is 24.1 Å². The van der Waals surface area contributed by atoms with E-state index in [2.05, 4.69) is 0 Å². The Morgan fingerprint density at radius 3 is 2.08 bits per heavy atom. The van der Waals surface area contributed by atoms with Gasteiger partial charge in [-0.05, 0) is 42.0 Å². The highest BCUT2D eigenvalue weighted by molar-refractivity contribution is 5.92. The van der Waals surface area contributed by atoms with Crippen LogP contribution in [-0.2, 0) is 4.79 Å². The van der Waals surface area contributed by atoms with Crippen LogP contribution in [0.4, 0.5) is 0 Å². The van der Waals surface area contributed by atoms with Crippen LogP contribution in [0.5, 0.6) is 23.0 Å². The van der Waals surface area contributed by atoms with E-state index in [0.717, 1.165) is 6.08 Å². The van der Waals surface area contributed by atoms with Crippen molar-refractivity contribution in [1.29, 1.82) is 0 Å². The van der Waals surface area contributed by atoms with Gasteiger partial charge in [-0.1, -0.05) is 6.07 Å². The second kappa shape index (κ2) is 8.57. The quantitative estimate of drug-likeness (QED) is 0.462. The van der Waals surface area contributed by atoms with Crippen LogP contribution in [0.3, 0.4) is 0 Å². The third-order valence-electron chi connectivity index (χ3n) is 3.43. The molecule has 0 aliphatic carbocycles. The molecular formula is C19H18O7. The largest absolute Gasteiger partial charge is 0.493 e. The molecule has 0 spiro atoms. The minimum absolute atomic E-state index is 0.208. The number of esters is 1. The first-order valence-electron chi connectivity index (χ1n) is 7.51. The zero-order chi connectivity index (χ0) is 19.1. The molecule has 0 unspecified atom stereocenters. The fraction of sp³-hybridized carbons (Fsp3) is 0.158. The van der Waals surface area contributed by atoms with Gasteiger partial charge in [-0.25, -0.2) is 9.59 Å². The normalized spacial score (nSPS) is 10.4. The summed E-state index contributed by atoms with van der Waals surface area (Å²) >= 11 is 0. The third-order valence-corrected chi connectivity index (χ3v) is 3.43. The van der Waals surface area contributed by atoms with Crippen LogP contribution in [0.2, 0.25) is 0 Å². The first-order chi connectivity index (χ1) is 12.5. The molecule has 1 N–H and O–H groups in total. The van der Waals surface area contributed by atoms with E-state index in [4.69, 9.17) is 24.1 Å². The molecule has 7 heteroatoms. The van der Waals surface area contributed by atoms with Gasteiger partial charge in [-0.15, -0.1) is 0 Å². The van der Waals surface area contributed by atoms with E-state index in [1.54, 1.807) is 24.3 Å². The summed E-state index contributed by atoms with van der Waals surface area (Å²) in [6.07, 6.45) is 2.41. The number of methoxy groups -OCH3 is 3. The number of carboxylic acid groups (broad SMARTS) is 1. The van der Waals surface area contributed by atoms with Crippen molar-refractivity contribution in [2.45, 2.75) is 0 Å². The van der Waals surface area contributed by atoms with Gasteiger partial charge in [-0.3, -0.25) is 0 Å². The highest BCUT2D eigenvalue weighted by Crippen LogP contribution is 2.31. The Morgan fingerprint density at radius 2 is 1.46 bits per heavy atom. The molecule has 7 nitrogen and oxygen atoms in total. The SMILES string of the molecule is COc1ccc(C(=O)Oc2ccc(C=CC(=O)O)cc2OC)cc1OC. The monoisotopic (exact) mass is 358 g/mol. The van der Waals surface area contributed by atoms with Crippen LogP contribution in [0, 0.1) is 0 Å². The number of carboxylic acids is 1. The van der Waals surface area contributed by atoms with Crippen LogP contribution in [0.25, 0.3) is 6.08 Å². The lowest BCUT2D eigenvalue weighted by Crippen LogP contribution is -2.09. The zero-order valence-electron chi connectivity index (χ0n) is 14.5. The Balaban J connectivity index is 2.24. The van der Waals surface area contributed by atoms with Crippen LogP contribution in [0.1, 0.15) is 15.9 Å². The summed E-state index contributed by atoms with van der Waals surface area (Å²) in [5.74, 6) is -0.253. The first-order valence-corrected chi connectivity index (χ1v) is 7.51. The summed E-state index contributed by atoms with van der Waals surface area (Å²) in [5, 5.41) is 8.67. The lowest BCUT2D eigenvalue weighted by molar-refractivity contribution is -0.131. The first kappa shape index (κ1) is 18.9. The second-order valence-corrected chi connectivity index (χ2v) is 5.04. The van der Waals surface area contributed by atoms with Gasteiger partial charge in [0.25, 0.3) is 0 Å². The summed E-state index contributed by atoms with van der Waals surface area (Å²) in [7, 11) is 4.40. The van der Waals surface area contributed by atoms with E-state index in [1.165, 1.54) is 39.5 Å². The summed E-state index contributed by atoms with van der Waals surface area (Å²) in [4.78, 5) is 23.0. The van der Waals surface area contributed by atoms with Gasteiger partial charge in [-0.2, -0.15) is 0 Å². The standard InChI is InChI=1S/C19H18O7/c1-23-14-8-6-13(11-17(14)25-3)19(22)26-15-7-4-12(5-9-18(20)21)10-16(15)24-2/h4-11H,1-3H3,(H,20,21). The maximum absolute atomic E-state index is 12.4. The Kier molecular flexibility index (Phi) is 6.21. The highest BCUT2D eigenvalue weighted by atomic mass is 16.6. The van der Waals surface area contributed by atoms with E-state index < -0.39 is 11.9 Å². The van der Waals surface area contributed by atoms with Crippen LogP contribution in [0.15, 0.2) is 42.5 Å². The lowest BCUT2D eigenvalue weighted by Gasteiger charge is -2.11. The predicted molar refractivity (Wildman–Crippen MR) is 94.2 cm³/mol. The molecule has 0 saturated heterocycles. The lowest BCUT2D eigenvalue weighted by atomic mass is 10.1. The van der Waals surface area contributed by atoms with E-state index in [-0.39, 0.29) is 11.3 Å². The Hall–Kier alpha value is -3.48. The van der Waals surface area contributed by atoms with Crippen molar-refractivity contribution in [3.05, 3.63) is 53.6 Å². The predicted octanol–water partition coefficient (Wildman–Crippen LogP) is 3.03. The molecule has 2 aromatic rings. The van der Waals surface area contributed by atoms with Crippen LogP contribution >= 0.6 is 0 Å². The van der Waals surface area contributed by atoms with E-state index in [9.17, 15) is 9.59 Å². The van der Waals surface area contributed by atoms with E-state index in [0.29, 0.717) is 22.8 Å². The van der Waals surface area contributed by atoms with Crippen molar-refractivity contribution < 1.29 is 33.6 Å². The average molecular weight is 358 g/mol. The Morgan fingerprint density at radius 1 is 0.846 bits per heavy atom. The van der Waals surface area contributed by atoms with Gasteiger partial charge in [0.15, 0.2) is 23.0 Å². The maximum atomic E-state index is 12.4. The highest BCUT2D eigenvalue weighted by Gasteiger charge is 2.15. The topological polar surface area (TPSA) is 91.3 Å². The fourth-order valence-corrected chi connectivity index (χ4v) is 2.16. The van der Waals surface area contributed by atoms with Crippen molar-refractivity contribution in [2.24, 2.45) is 0 Å². The molecule has 0 aliphatic rings. The van der Waals surface area contributed by atoms with Gasteiger partial charge in [0.1, 0.15) is 0 Å². The molecular weight excluding hydrogens is 340 g/mol. The number of benzene rings is 2. The summed E-state index contributed by atoms with van der Waals surface area (Å²) < 4.78 is 20.9. The third kappa shape index (κ3) is 4.54. The number of aliphatic carboxylic acids is 1. The van der Waals surface area contributed by atoms with Crippen molar-refractivity contribution in [3.63, 3.8) is 0 Å². The molecule has 0 heterocycles. The molecule has 0 aromatic heterocycles. The summed E-state index contributed by atoms with van der Waals surface area (Å²) in [6.45, 7) is 0. The second-order valence-electron chi connectivity index (χ2n) is 5.04. The van der Waals surface area contributed by atoms with Crippen molar-refractivity contribution in [3.8, 4) is 23.0 Å². The number of hydrogen-bond donors (Lipinski definition) is 1. The molecule has 2 aromatic carbocycles. The Bertz CT molecular complexity index is 840. The molecule has 26 heavy (non-hydrogen) atoms. The van der Waals surface area contributed by atoms with Crippen LogP contribution in [-0.4, -0.2) is 38.4 Å². The molecule has 136 valence electrons. The molecule has 0 amide bonds. The number of hydrogen-bond acceptors (Lipinski definition) is 6. The van der Waals surface area contributed by atoms with Crippen LogP contribution < -0.4 is 18.9 Å². The van der Waals surface area contributed by atoms with Crippen molar-refractivity contribution in [1.82, 2.24) is 0 Å². The molecule has 0 radical (unpaired) electrons. The smallest absolute Gasteiger partial charge is 0.343 e. The summed E-state index contributed by atoms with van der Waals surface area (Å²) in [6, 6.07) is 9.37. The van der Waals surface area contributed by atoms with E-state index >= 15 is 0 Å².